The Morgan fingerprint density at radius 2 is 1.92 bits per heavy atom. The van der Waals surface area contributed by atoms with E-state index < -0.39 is 0 Å². The maximum atomic E-state index is 10.1. The molecule has 0 unspecified atom stereocenters. The zero-order chi connectivity index (χ0) is 9.90. The summed E-state index contributed by atoms with van der Waals surface area (Å²) in [5, 5.41) is 0. The molecule has 0 amide bonds. The zero-order valence-corrected chi connectivity index (χ0v) is 8.16. The Balaban J connectivity index is 3.11. The van der Waals surface area contributed by atoms with Crippen molar-refractivity contribution in [3.63, 3.8) is 0 Å². The minimum atomic E-state index is 0.0292. The predicted octanol–water partition coefficient (Wildman–Crippen LogP) is 2.75. The first-order valence-electron chi connectivity index (χ1n) is 4.22. The molecule has 0 saturated carbocycles. The Hall–Kier alpha value is -1.40. The quantitative estimate of drug-likeness (QED) is 0.445. The van der Waals surface area contributed by atoms with Crippen molar-refractivity contribution in [2.45, 2.75) is 20.8 Å². The molecule has 0 aliphatic heterocycles. The minimum absolute atomic E-state index is 0.0292. The fraction of sp³-hybridized carbons (Fsp3) is 0.364. The third-order valence-electron chi connectivity index (χ3n) is 2.00. The van der Waals surface area contributed by atoms with E-state index in [0.717, 1.165) is 5.57 Å². The van der Waals surface area contributed by atoms with Gasteiger partial charge in [0.05, 0.1) is 5.70 Å². The van der Waals surface area contributed by atoms with Gasteiger partial charge in [-0.25, -0.2) is 4.79 Å². The summed E-state index contributed by atoms with van der Waals surface area (Å²) in [6.07, 6.45) is 9.51. The highest BCUT2D eigenvalue weighted by molar-refractivity contribution is 5.44. The van der Waals surface area contributed by atoms with Crippen molar-refractivity contribution in [2.75, 3.05) is 0 Å². The Morgan fingerprint density at radius 3 is 2.54 bits per heavy atom. The van der Waals surface area contributed by atoms with Crippen LogP contribution in [0.25, 0.3) is 0 Å². The van der Waals surface area contributed by atoms with Gasteiger partial charge >= 0.3 is 0 Å². The molecule has 0 heterocycles. The molecular formula is C11H13NO. The van der Waals surface area contributed by atoms with Crippen LogP contribution in [0.4, 0.5) is 0 Å². The molecule has 0 saturated heterocycles. The zero-order valence-electron chi connectivity index (χ0n) is 8.16. The van der Waals surface area contributed by atoms with E-state index in [0.29, 0.717) is 5.70 Å². The highest BCUT2D eigenvalue weighted by atomic mass is 16.1. The second-order valence-corrected chi connectivity index (χ2v) is 3.76. The summed E-state index contributed by atoms with van der Waals surface area (Å²) in [4.78, 5) is 13.7. The van der Waals surface area contributed by atoms with Crippen LogP contribution >= 0.6 is 0 Å². The Labute approximate surface area is 78.4 Å². The van der Waals surface area contributed by atoms with Crippen LogP contribution in [0.15, 0.2) is 40.6 Å². The van der Waals surface area contributed by atoms with Gasteiger partial charge in [0.15, 0.2) is 0 Å². The van der Waals surface area contributed by atoms with Gasteiger partial charge in [0.2, 0.25) is 6.08 Å². The van der Waals surface area contributed by atoms with Crippen LogP contribution < -0.4 is 0 Å². The summed E-state index contributed by atoms with van der Waals surface area (Å²) in [5.74, 6) is 0. The molecule has 0 aromatic rings. The highest BCUT2D eigenvalue weighted by Crippen LogP contribution is 2.25. The van der Waals surface area contributed by atoms with Gasteiger partial charge in [0.1, 0.15) is 0 Å². The maximum absolute atomic E-state index is 10.1. The van der Waals surface area contributed by atoms with Gasteiger partial charge in [-0.1, -0.05) is 32.1 Å². The van der Waals surface area contributed by atoms with E-state index in [4.69, 9.17) is 0 Å². The van der Waals surface area contributed by atoms with E-state index in [1.165, 1.54) is 0 Å². The molecule has 0 fully saturated rings. The van der Waals surface area contributed by atoms with E-state index >= 15 is 0 Å². The van der Waals surface area contributed by atoms with Crippen LogP contribution in [-0.2, 0) is 4.79 Å². The first-order valence-corrected chi connectivity index (χ1v) is 4.22. The lowest BCUT2D eigenvalue weighted by Gasteiger charge is -2.12. The molecular weight excluding hydrogens is 162 g/mol. The number of rotatable bonds is 1. The molecule has 0 spiro atoms. The van der Waals surface area contributed by atoms with Crippen molar-refractivity contribution in [1.82, 2.24) is 0 Å². The average Bonchev–Trinajstić information content (AvgIpc) is 2.18. The lowest BCUT2D eigenvalue weighted by Crippen LogP contribution is -2.00. The summed E-state index contributed by atoms with van der Waals surface area (Å²) in [7, 11) is 0. The summed E-state index contributed by atoms with van der Waals surface area (Å²) >= 11 is 0. The maximum Gasteiger partial charge on any atom is 0.240 e. The van der Waals surface area contributed by atoms with E-state index in [-0.39, 0.29) is 5.41 Å². The van der Waals surface area contributed by atoms with Crippen molar-refractivity contribution < 1.29 is 4.79 Å². The number of nitrogens with zero attached hydrogens (tertiary/aromatic N) is 1. The van der Waals surface area contributed by atoms with Crippen molar-refractivity contribution in [1.29, 1.82) is 0 Å². The molecule has 0 aromatic carbocycles. The molecule has 2 heteroatoms. The van der Waals surface area contributed by atoms with E-state index in [1.54, 1.807) is 6.08 Å². The molecule has 0 bridgehead atoms. The number of allylic oxidation sites excluding steroid dienone is 5. The molecule has 2 nitrogen and oxygen atoms in total. The molecule has 1 aliphatic rings. The highest BCUT2D eigenvalue weighted by Gasteiger charge is 2.11. The fourth-order valence-corrected chi connectivity index (χ4v) is 1.08. The first-order chi connectivity index (χ1) is 6.05. The van der Waals surface area contributed by atoms with Crippen LogP contribution in [0.3, 0.4) is 0 Å². The number of isocyanates is 1. The molecule has 1 aliphatic carbocycles. The monoisotopic (exact) mass is 175 g/mol. The van der Waals surface area contributed by atoms with Gasteiger partial charge in [-0.3, -0.25) is 0 Å². The van der Waals surface area contributed by atoms with Gasteiger partial charge in [-0.05, 0) is 18.6 Å². The summed E-state index contributed by atoms with van der Waals surface area (Å²) < 4.78 is 0. The lowest BCUT2D eigenvalue weighted by molar-refractivity contribution is 0.564. The second-order valence-electron chi connectivity index (χ2n) is 3.76. The minimum Gasteiger partial charge on any atom is -0.211 e. The molecule has 13 heavy (non-hydrogen) atoms. The third kappa shape index (κ3) is 2.53. The van der Waals surface area contributed by atoms with Crippen LogP contribution in [0.1, 0.15) is 20.8 Å². The van der Waals surface area contributed by atoms with Gasteiger partial charge in [0.25, 0.3) is 0 Å². The number of hydrogen-bond acceptors (Lipinski definition) is 2. The number of aliphatic imine (C=N–C) groups is 1. The SMILES string of the molecule is CC1=C(N=C=O)C=CC(C)(C)C=C1. The van der Waals surface area contributed by atoms with Gasteiger partial charge in [0, 0.05) is 5.41 Å². The molecule has 0 radical (unpaired) electrons. The fourth-order valence-electron chi connectivity index (χ4n) is 1.08. The lowest BCUT2D eigenvalue weighted by atomic mass is 9.93. The molecule has 0 atom stereocenters. The predicted molar refractivity (Wildman–Crippen MR) is 52.9 cm³/mol. The summed E-state index contributed by atoms with van der Waals surface area (Å²) in [6.45, 7) is 6.13. The summed E-state index contributed by atoms with van der Waals surface area (Å²) in [6, 6.07) is 0. The molecule has 0 N–H and O–H groups in total. The third-order valence-corrected chi connectivity index (χ3v) is 2.00. The van der Waals surface area contributed by atoms with E-state index in [2.05, 4.69) is 24.9 Å². The van der Waals surface area contributed by atoms with Crippen molar-refractivity contribution >= 4 is 6.08 Å². The van der Waals surface area contributed by atoms with Crippen LogP contribution in [0.5, 0.6) is 0 Å². The van der Waals surface area contributed by atoms with Gasteiger partial charge < -0.3 is 0 Å². The van der Waals surface area contributed by atoms with E-state index in [1.807, 2.05) is 25.2 Å². The van der Waals surface area contributed by atoms with Crippen LogP contribution in [0.2, 0.25) is 0 Å². The molecule has 0 aromatic heterocycles. The Bertz CT molecular complexity index is 339. The largest absolute Gasteiger partial charge is 0.240 e. The standard InChI is InChI=1S/C11H13NO/c1-9-4-6-11(2,3)7-5-10(9)12-8-13/h4-7H,1-3H3. The summed E-state index contributed by atoms with van der Waals surface area (Å²) in [5.41, 5.74) is 1.71. The topological polar surface area (TPSA) is 29.4 Å². The average molecular weight is 175 g/mol. The number of hydrogen-bond donors (Lipinski definition) is 0. The van der Waals surface area contributed by atoms with Gasteiger partial charge in [-0.15, -0.1) is 0 Å². The smallest absolute Gasteiger partial charge is 0.211 e. The van der Waals surface area contributed by atoms with Gasteiger partial charge in [-0.2, -0.15) is 4.99 Å². The first kappa shape index (κ1) is 9.69. The van der Waals surface area contributed by atoms with Crippen LogP contribution in [-0.4, -0.2) is 6.08 Å². The van der Waals surface area contributed by atoms with Crippen molar-refractivity contribution in [3.05, 3.63) is 35.6 Å². The Kier molecular flexibility index (Phi) is 2.64. The normalized spacial score (nSPS) is 19.6. The van der Waals surface area contributed by atoms with E-state index in [9.17, 15) is 4.79 Å². The molecule has 1 rings (SSSR count). The second kappa shape index (κ2) is 3.55. The van der Waals surface area contributed by atoms with Crippen LogP contribution in [0, 0.1) is 5.41 Å². The Morgan fingerprint density at radius 1 is 1.31 bits per heavy atom. The van der Waals surface area contributed by atoms with Crippen molar-refractivity contribution in [3.8, 4) is 0 Å². The number of carbonyl (C=O) groups excluding carboxylic acids is 1. The molecule has 68 valence electrons. The van der Waals surface area contributed by atoms with Crippen molar-refractivity contribution in [2.24, 2.45) is 10.4 Å².